The van der Waals surface area contributed by atoms with E-state index in [0.29, 0.717) is 0 Å². The van der Waals surface area contributed by atoms with Crippen LogP contribution in [0.15, 0.2) is 63.4 Å². The van der Waals surface area contributed by atoms with Gasteiger partial charge in [-0.2, -0.15) is 5.10 Å². The largest absolute Gasteiger partial charge is 0.272 e. The number of hydrazone groups is 1. The van der Waals surface area contributed by atoms with Crippen LogP contribution in [0.4, 0.5) is 4.39 Å². The van der Waals surface area contributed by atoms with Crippen LogP contribution < -0.4 is 5.43 Å². The summed E-state index contributed by atoms with van der Waals surface area (Å²) < 4.78 is 14.4. The summed E-state index contributed by atoms with van der Waals surface area (Å²) in [6.07, 6.45) is 1.19. The van der Waals surface area contributed by atoms with Crippen LogP contribution in [-0.2, 0) is 4.79 Å². The first-order chi connectivity index (χ1) is 12.6. The Labute approximate surface area is 163 Å². The molecule has 2 aromatic carbocycles. The highest BCUT2D eigenvalue weighted by atomic mass is 35.5. The summed E-state index contributed by atoms with van der Waals surface area (Å²) in [5.74, 6) is -0.652. The lowest BCUT2D eigenvalue weighted by molar-refractivity contribution is -0.118. The third-order valence-electron chi connectivity index (χ3n) is 3.26. The van der Waals surface area contributed by atoms with Crippen LogP contribution in [0.5, 0.6) is 0 Å². The van der Waals surface area contributed by atoms with Gasteiger partial charge in [0.25, 0.3) is 5.91 Å². The Hall–Kier alpha value is -2.22. The number of thiazole rings is 1. The van der Waals surface area contributed by atoms with Crippen molar-refractivity contribution in [2.45, 2.75) is 4.34 Å². The number of nitrogens with one attached hydrogen (secondary N) is 1. The second-order valence-electron chi connectivity index (χ2n) is 5.08. The Morgan fingerprint density at radius 2 is 2.08 bits per heavy atom. The number of hydrogen-bond donors (Lipinski definition) is 1. The number of carbonyl (C=O) groups is 1. The lowest BCUT2D eigenvalue weighted by Gasteiger charge is -2.00. The Morgan fingerprint density at radius 3 is 2.85 bits per heavy atom. The first kappa shape index (κ1) is 18.6. The Morgan fingerprint density at radius 1 is 1.27 bits per heavy atom. The second-order valence-corrected chi connectivity index (χ2v) is 7.57. The van der Waals surface area contributed by atoms with E-state index in [-0.39, 0.29) is 22.2 Å². The van der Waals surface area contributed by atoms with Crippen LogP contribution in [0, 0.1) is 5.82 Å². The van der Waals surface area contributed by atoms with Crippen molar-refractivity contribution < 1.29 is 9.18 Å². The third-order valence-corrected chi connectivity index (χ3v) is 5.61. The monoisotopic (exact) mass is 405 g/mol. The second kappa shape index (κ2) is 8.93. The van der Waals surface area contributed by atoms with E-state index >= 15 is 0 Å². The van der Waals surface area contributed by atoms with Crippen molar-refractivity contribution in [3.05, 3.63) is 70.3 Å². The van der Waals surface area contributed by atoms with Crippen LogP contribution in [0.1, 0.15) is 5.56 Å². The lowest BCUT2D eigenvalue weighted by Crippen LogP contribution is -2.19. The smallest absolute Gasteiger partial charge is 0.250 e. The van der Waals surface area contributed by atoms with Crippen molar-refractivity contribution in [1.82, 2.24) is 10.4 Å². The fourth-order valence-corrected chi connectivity index (χ4v) is 3.87. The Kier molecular flexibility index (Phi) is 6.38. The van der Waals surface area contributed by atoms with Crippen molar-refractivity contribution >= 4 is 46.8 Å². The van der Waals surface area contributed by atoms with Gasteiger partial charge in [-0.25, -0.2) is 14.8 Å². The molecule has 1 aromatic heterocycles. The molecule has 132 valence electrons. The van der Waals surface area contributed by atoms with E-state index in [2.05, 4.69) is 15.5 Å². The molecule has 0 aliphatic rings. The zero-order chi connectivity index (χ0) is 18.4. The molecule has 8 heteroatoms. The summed E-state index contributed by atoms with van der Waals surface area (Å²) in [4.78, 5) is 16.4. The van der Waals surface area contributed by atoms with E-state index in [1.165, 1.54) is 41.4 Å². The predicted octanol–water partition coefficient (Wildman–Crippen LogP) is 4.85. The highest BCUT2D eigenvalue weighted by molar-refractivity contribution is 8.01. The van der Waals surface area contributed by atoms with Gasteiger partial charge < -0.3 is 0 Å². The molecular weight excluding hydrogens is 393 g/mol. The molecule has 0 saturated heterocycles. The molecule has 1 amide bonds. The van der Waals surface area contributed by atoms with Gasteiger partial charge in [-0.1, -0.05) is 59.8 Å². The van der Waals surface area contributed by atoms with Gasteiger partial charge in [0.1, 0.15) is 5.82 Å². The number of carbonyl (C=O) groups excluding carboxylic acids is 1. The summed E-state index contributed by atoms with van der Waals surface area (Å²) >= 11 is 8.68. The van der Waals surface area contributed by atoms with E-state index in [1.807, 2.05) is 35.7 Å². The molecule has 1 N–H and O–H groups in total. The maximum atomic E-state index is 13.6. The molecule has 1 heterocycles. The van der Waals surface area contributed by atoms with Crippen molar-refractivity contribution in [1.29, 1.82) is 0 Å². The molecule has 3 rings (SSSR count). The van der Waals surface area contributed by atoms with Crippen molar-refractivity contribution in [2.24, 2.45) is 5.10 Å². The molecule has 0 aliphatic carbocycles. The molecule has 26 heavy (non-hydrogen) atoms. The van der Waals surface area contributed by atoms with Gasteiger partial charge >= 0.3 is 0 Å². The Balaban J connectivity index is 1.52. The van der Waals surface area contributed by atoms with Gasteiger partial charge in [0.2, 0.25) is 0 Å². The van der Waals surface area contributed by atoms with Crippen LogP contribution >= 0.6 is 34.7 Å². The number of amides is 1. The molecule has 0 atom stereocenters. The number of benzene rings is 2. The van der Waals surface area contributed by atoms with Crippen molar-refractivity contribution in [3.8, 4) is 11.3 Å². The number of aromatic nitrogens is 1. The van der Waals surface area contributed by atoms with Gasteiger partial charge in [0.15, 0.2) is 4.34 Å². The average Bonchev–Trinajstić information content (AvgIpc) is 3.12. The van der Waals surface area contributed by atoms with Crippen LogP contribution in [0.25, 0.3) is 11.3 Å². The molecule has 0 bridgehead atoms. The molecule has 4 nitrogen and oxygen atoms in total. The lowest BCUT2D eigenvalue weighted by atomic mass is 10.2. The maximum Gasteiger partial charge on any atom is 0.250 e. The van der Waals surface area contributed by atoms with Gasteiger partial charge in [-0.15, -0.1) is 11.3 Å². The predicted molar refractivity (Wildman–Crippen MR) is 105 cm³/mol. The van der Waals surface area contributed by atoms with Crippen LogP contribution in [0.3, 0.4) is 0 Å². The van der Waals surface area contributed by atoms with Crippen LogP contribution in [0.2, 0.25) is 5.02 Å². The van der Waals surface area contributed by atoms with E-state index in [4.69, 9.17) is 11.6 Å². The Bertz CT molecular complexity index is 911. The number of rotatable bonds is 6. The molecule has 0 spiro atoms. The molecule has 0 aliphatic heterocycles. The van der Waals surface area contributed by atoms with E-state index in [0.717, 1.165) is 15.6 Å². The molecule has 0 unspecified atom stereocenters. The van der Waals surface area contributed by atoms with E-state index in [9.17, 15) is 9.18 Å². The highest BCUT2D eigenvalue weighted by Crippen LogP contribution is 2.27. The first-order valence-corrected chi connectivity index (χ1v) is 9.77. The minimum atomic E-state index is -0.499. The first-order valence-electron chi connectivity index (χ1n) is 7.53. The quantitative estimate of drug-likeness (QED) is 0.362. The van der Waals surface area contributed by atoms with Gasteiger partial charge in [-0.05, 0) is 12.1 Å². The summed E-state index contributed by atoms with van der Waals surface area (Å²) in [5.41, 5.74) is 4.40. The summed E-state index contributed by atoms with van der Waals surface area (Å²) in [5, 5.41) is 5.93. The maximum absolute atomic E-state index is 13.6. The zero-order valence-electron chi connectivity index (χ0n) is 13.4. The average molecular weight is 406 g/mol. The molecule has 0 fully saturated rings. The number of halogens is 2. The summed E-state index contributed by atoms with van der Waals surface area (Å²) in [7, 11) is 0. The zero-order valence-corrected chi connectivity index (χ0v) is 15.7. The highest BCUT2D eigenvalue weighted by Gasteiger charge is 2.08. The summed E-state index contributed by atoms with van der Waals surface area (Å²) in [6.45, 7) is 0. The van der Waals surface area contributed by atoms with Crippen LogP contribution in [-0.4, -0.2) is 22.9 Å². The number of hydrogen-bond acceptors (Lipinski definition) is 5. The van der Waals surface area contributed by atoms with E-state index in [1.54, 1.807) is 6.07 Å². The fourth-order valence-electron chi connectivity index (χ4n) is 2.03. The standard InChI is InChI=1S/C18H13ClFN3OS2/c19-14-7-4-8-15(20)13(14)9-21-23-17(24)11-26-18-22-16(10-25-18)12-5-2-1-3-6-12/h1-10H,11H2,(H,23,24)/b21-9+. The van der Waals surface area contributed by atoms with Gasteiger partial charge in [0, 0.05) is 16.5 Å². The van der Waals surface area contributed by atoms with E-state index < -0.39 is 5.82 Å². The number of nitrogens with zero attached hydrogens (tertiary/aromatic N) is 2. The molecule has 0 saturated carbocycles. The van der Waals surface area contributed by atoms with Crippen molar-refractivity contribution in [3.63, 3.8) is 0 Å². The molecular formula is C18H13ClFN3OS2. The minimum Gasteiger partial charge on any atom is -0.272 e. The fraction of sp³-hybridized carbons (Fsp3) is 0.0556. The van der Waals surface area contributed by atoms with Crippen molar-refractivity contribution in [2.75, 3.05) is 5.75 Å². The topological polar surface area (TPSA) is 54.4 Å². The minimum absolute atomic E-state index is 0.134. The molecule has 0 radical (unpaired) electrons. The SMILES string of the molecule is O=C(CSc1nc(-c2ccccc2)cs1)N/N=C/c1c(F)cccc1Cl. The summed E-state index contributed by atoms with van der Waals surface area (Å²) in [6, 6.07) is 14.2. The normalized spacial score (nSPS) is 11.0. The number of thioether (sulfide) groups is 1. The van der Waals surface area contributed by atoms with Gasteiger partial charge in [-0.3, -0.25) is 4.79 Å². The molecule has 3 aromatic rings. The third kappa shape index (κ3) is 4.91. The van der Waals surface area contributed by atoms with Gasteiger partial charge in [0.05, 0.1) is 22.7 Å².